The maximum Gasteiger partial charge on any atom is 0.160 e. The molecule has 11 rings (SSSR count). The quantitative estimate of drug-likeness (QED) is 0.169. The third-order valence-corrected chi connectivity index (χ3v) is 12.3. The molecule has 0 bridgehead atoms. The van der Waals surface area contributed by atoms with Crippen molar-refractivity contribution < 1.29 is 0 Å². The minimum absolute atomic E-state index is 0.121. The van der Waals surface area contributed by atoms with E-state index in [9.17, 15) is 0 Å². The van der Waals surface area contributed by atoms with Gasteiger partial charge in [0.2, 0.25) is 0 Å². The number of nitrogens with zero attached hydrogens (tertiary/aromatic N) is 2. The standard InChI is InChI=1S/C57H40N2/c1-57(2)50-27-15-26-49(55(50)54-43-22-10-9-20-40(43)32-35-51(54)57)46-33-34-48(45-24-13-12-23-44(45)46)53-36-52(47-25-14-11-21-42(47)39-18-7-4-8-19-39)58-56(59-53)41-30-28-38(29-31-41)37-16-5-3-6-17-37/h3-36H,1-2H3. The zero-order valence-electron chi connectivity index (χ0n) is 33.0. The van der Waals surface area contributed by atoms with Gasteiger partial charge in [-0.25, -0.2) is 9.97 Å². The van der Waals surface area contributed by atoms with Crippen molar-refractivity contribution >= 4 is 21.5 Å². The van der Waals surface area contributed by atoms with E-state index in [4.69, 9.17) is 9.97 Å². The second-order valence-electron chi connectivity index (χ2n) is 16.1. The lowest BCUT2D eigenvalue weighted by Crippen LogP contribution is -2.14. The molecule has 0 unspecified atom stereocenters. The van der Waals surface area contributed by atoms with Crippen molar-refractivity contribution in [2.45, 2.75) is 19.3 Å². The highest BCUT2D eigenvalue weighted by Crippen LogP contribution is 2.55. The van der Waals surface area contributed by atoms with Crippen LogP contribution in [-0.2, 0) is 5.41 Å². The molecule has 59 heavy (non-hydrogen) atoms. The van der Waals surface area contributed by atoms with Crippen molar-refractivity contribution in [3.63, 3.8) is 0 Å². The summed E-state index contributed by atoms with van der Waals surface area (Å²) >= 11 is 0. The molecule has 2 heteroatoms. The topological polar surface area (TPSA) is 25.8 Å². The van der Waals surface area contributed by atoms with Gasteiger partial charge in [0.1, 0.15) is 0 Å². The van der Waals surface area contributed by atoms with E-state index < -0.39 is 0 Å². The van der Waals surface area contributed by atoms with Gasteiger partial charge in [0.25, 0.3) is 0 Å². The summed E-state index contributed by atoms with van der Waals surface area (Å²) < 4.78 is 0. The Morgan fingerprint density at radius 1 is 0.322 bits per heavy atom. The molecule has 9 aromatic carbocycles. The molecule has 0 fully saturated rings. The predicted octanol–water partition coefficient (Wildman–Crippen LogP) is 15.1. The van der Waals surface area contributed by atoms with Gasteiger partial charge in [-0.05, 0) is 83.2 Å². The van der Waals surface area contributed by atoms with Gasteiger partial charge in [-0.1, -0.05) is 214 Å². The van der Waals surface area contributed by atoms with Gasteiger partial charge in [-0.3, -0.25) is 0 Å². The zero-order valence-corrected chi connectivity index (χ0v) is 33.0. The van der Waals surface area contributed by atoms with Gasteiger partial charge in [-0.15, -0.1) is 0 Å². The van der Waals surface area contributed by atoms with E-state index in [2.05, 4.69) is 220 Å². The highest BCUT2D eigenvalue weighted by atomic mass is 14.9. The fourth-order valence-corrected chi connectivity index (χ4v) is 9.40. The highest BCUT2D eigenvalue weighted by Gasteiger charge is 2.38. The Morgan fingerprint density at radius 2 is 0.847 bits per heavy atom. The first-order chi connectivity index (χ1) is 29.0. The summed E-state index contributed by atoms with van der Waals surface area (Å²) in [4.78, 5) is 10.7. The summed E-state index contributed by atoms with van der Waals surface area (Å²) in [6.45, 7) is 4.74. The van der Waals surface area contributed by atoms with E-state index in [1.165, 1.54) is 55.1 Å². The molecule has 1 aliphatic rings. The van der Waals surface area contributed by atoms with Crippen LogP contribution in [0.5, 0.6) is 0 Å². The number of benzene rings is 9. The first-order valence-corrected chi connectivity index (χ1v) is 20.4. The second kappa shape index (κ2) is 13.9. The molecule has 2 nitrogen and oxygen atoms in total. The number of hydrogen-bond acceptors (Lipinski definition) is 2. The smallest absolute Gasteiger partial charge is 0.160 e. The minimum atomic E-state index is -0.121. The predicted molar refractivity (Wildman–Crippen MR) is 247 cm³/mol. The van der Waals surface area contributed by atoms with Crippen molar-refractivity contribution in [3.05, 3.63) is 217 Å². The van der Waals surface area contributed by atoms with Gasteiger partial charge in [-0.2, -0.15) is 0 Å². The largest absolute Gasteiger partial charge is 0.228 e. The Balaban J connectivity index is 1.12. The molecule has 1 heterocycles. The molecule has 0 N–H and O–H groups in total. The van der Waals surface area contributed by atoms with Crippen LogP contribution in [0.25, 0.3) is 100.0 Å². The van der Waals surface area contributed by atoms with Crippen LogP contribution in [0, 0.1) is 0 Å². The summed E-state index contributed by atoms with van der Waals surface area (Å²) in [5.74, 6) is 0.694. The van der Waals surface area contributed by atoms with E-state index in [0.717, 1.165) is 50.2 Å². The summed E-state index contributed by atoms with van der Waals surface area (Å²) in [5, 5.41) is 4.93. The lowest BCUT2D eigenvalue weighted by atomic mass is 9.81. The third-order valence-electron chi connectivity index (χ3n) is 12.3. The van der Waals surface area contributed by atoms with E-state index in [1.54, 1.807) is 0 Å². The van der Waals surface area contributed by atoms with Crippen molar-refractivity contribution in [1.29, 1.82) is 0 Å². The van der Waals surface area contributed by atoms with Gasteiger partial charge in [0.15, 0.2) is 5.82 Å². The van der Waals surface area contributed by atoms with Crippen LogP contribution in [0.2, 0.25) is 0 Å². The maximum atomic E-state index is 5.39. The van der Waals surface area contributed by atoms with Gasteiger partial charge >= 0.3 is 0 Å². The van der Waals surface area contributed by atoms with E-state index in [0.29, 0.717) is 5.82 Å². The van der Waals surface area contributed by atoms with E-state index in [1.807, 2.05) is 0 Å². The molecular weight excluding hydrogens is 713 g/mol. The molecule has 1 aliphatic carbocycles. The lowest BCUT2D eigenvalue weighted by Gasteiger charge is -2.22. The fourth-order valence-electron chi connectivity index (χ4n) is 9.40. The minimum Gasteiger partial charge on any atom is -0.228 e. The highest BCUT2D eigenvalue weighted by molar-refractivity contribution is 6.11. The summed E-state index contributed by atoms with van der Waals surface area (Å²) in [5.41, 5.74) is 17.3. The van der Waals surface area contributed by atoms with Crippen LogP contribution in [0.3, 0.4) is 0 Å². The number of aromatic nitrogens is 2. The van der Waals surface area contributed by atoms with Crippen molar-refractivity contribution in [2.75, 3.05) is 0 Å². The molecule has 0 saturated heterocycles. The normalized spacial score (nSPS) is 12.7. The average molecular weight is 753 g/mol. The maximum absolute atomic E-state index is 5.39. The summed E-state index contributed by atoms with van der Waals surface area (Å²) in [6, 6.07) is 74.2. The molecule has 0 amide bonds. The SMILES string of the molecule is CC1(C)c2cccc(-c3ccc(-c4cc(-c5ccccc5-c5ccccc5)nc(-c5ccc(-c6ccccc6)cc5)n4)c4ccccc34)c2-c2c1ccc1ccccc21. The molecule has 0 aliphatic heterocycles. The van der Waals surface area contributed by atoms with Crippen molar-refractivity contribution in [3.8, 4) is 78.4 Å². The summed E-state index contributed by atoms with van der Waals surface area (Å²) in [7, 11) is 0. The van der Waals surface area contributed by atoms with Crippen LogP contribution < -0.4 is 0 Å². The Labute approximate surface area is 345 Å². The Hall–Kier alpha value is -7.42. The monoisotopic (exact) mass is 752 g/mol. The van der Waals surface area contributed by atoms with Crippen LogP contribution in [0.4, 0.5) is 0 Å². The molecule has 10 aromatic rings. The Bertz CT molecular complexity index is 3220. The lowest BCUT2D eigenvalue weighted by molar-refractivity contribution is 0.661. The Kier molecular flexibility index (Phi) is 8.20. The van der Waals surface area contributed by atoms with Crippen molar-refractivity contribution in [2.24, 2.45) is 0 Å². The van der Waals surface area contributed by atoms with Crippen LogP contribution in [0.1, 0.15) is 25.0 Å². The van der Waals surface area contributed by atoms with E-state index >= 15 is 0 Å². The first-order valence-electron chi connectivity index (χ1n) is 20.4. The van der Waals surface area contributed by atoms with Crippen molar-refractivity contribution in [1.82, 2.24) is 9.97 Å². The first kappa shape index (κ1) is 34.8. The summed E-state index contributed by atoms with van der Waals surface area (Å²) in [6.07, 6.45) is 0. The number of hydrogen-bond donors (Lipinski definition) is 0. The van der Waals surface area contributed by atoms with Gasteiger partial charge < -0.3 is 0 Å². The molecule has 1 aromatic heterocycles. The third kappa shape index (κ3) is 5.79. The average Bonchev–Trinajstić information content (AvgIpc) is 3.55. The Morgan fingerprint density at radius 3 is 1.59 bits per heavy atom. The number of fused-ring (bicyclic) bond motifs is 6. The zero-order chi connectivity index (χ0) is 39.5. The molecule has 0 radical (unpaired) electrons. The van der Waals surface area contributed by atoms with Gasteiger partial charge in [0, 0.05) is 22.1 Å². The molecule has 0 atom stereocenters. The van der Waals surface area contributed by atoms with E-state index in [-0.39, 0.29) is 5.41 Å². The molecular formula is C57H40N2. The van der Waals surface area contributed by atoms with Crippen LogP contribution in [0.15, 0.2) is 206 Å². The van der Waals surface area contributed by atoms with Crippen LogP contribution >= 0.6 is 0 Å². The fraction of sp³-hybridized carbons (Fsp3) is 0.0526. The second-order valence-corrected chi connectivity index (χ2v) is 16.1. The van der Waals surface area contributed by atoms with Crippen LogP contribution in [-0.4, -0.2) is 9.97 Å². The molecule has 0 saturated carbocycles. The molecule has 0 spiro atoms. The molecule has 278 valence electrons. The number of rotatable bonds is 6. The van der Waals surface area contributed by atoms with Gasteiger partial charge in [0.05, 0.1) is 11.4 Å².